The summed E-state index contributed by atoms with van der Waals surface area (Å²) in [5, 5.41) is 0. The lowest BCUT2D eigenvalue weighted by Gasteiger charge is -2.19. The highest BCUT2D eigenvalue weighted by Crippen LogP contribution is 2.48. The van der Waals surface area contributed by atoms with Crippen LogP contribution in [0.2, 0.25) is 0 Å². The monoisotopic (exact) mass is 468 g/mol. The molecular weight excluding hydrogens is 444 g/mol. The Hall–Kier alpha value is -4.70. The number of aromatic nitrogens is 1. The third-order valence-electron chi connectivity index (χ3n) is 6.64. The van der Waals surface area contributed by atoms with Crippen LogP contribution in [0.1, 0.15) is 21.6 Å². The second-order valence-corrected chi connectivity index (χ2v) is 8.93. The lowest BCUT2D eigenvalue weighted by Crippen LogP contribution is -2.30. The number of Topliss-reactive ketones (excluding diaryl/α,β-unsaturated/α-hetero) is 1. The molecule has 4 aromatic carbocycles. The fourth-order valence-corrected chi connectivity index (χ4v) is 5.04. The highest BCUT2D eigenvalue weighted by Gasteiger charge is 2.43. The summed E-state index contributed by atoms with van der Waals surface area (Å²) in [6.45, 7) is 0.820. The van der Waals surface area contributed by atoms with Crippen molar-refractivity contribution in [2.45, 2.75) is 13.1 Å². The van der Waals surface area contributed by atoms with Crippen LogP contribution in [0.5, 0.6) is 0 Å². The normalized spacial score (nSPS) is 12.7. The van der Waals surface area contributed by atoms with E-state index in [4.69, 9.17) is 0 Å². The molecule has 1 aliphatic heterocycles. The van der Waals surface area contributed by atoms with E-state index in [1.54, 1.807) is 4.90 Å². The van der Waals surface area contributed by atoms with Crippen LogP contribution in [0.3, 0.4) is 0 Å². The molecule has 4 nitrogen and oxygen atoms in total. The maximum Gasteiger partial charge on any atom is 0.301 e. The Labute approximate surface area is 210 Å². The van der Waals surface area contributed by atoms with Crippen molar-refractivity contribution >= 4 is 17.4 Å². The van der Waals surface area contributed by atoms with E-state index in [0.717, 1.165) is 33.5 Å². The molecule has 1 aromatic heterocycles. The first-order valence-corrected chi connectivity index (χ1v) is 12.0. The number of fused-ring (bicyclic) bond motifs is 1. The Bertz CT molecular complexity index is 1540. The molecule has 0 spiro atoms. The maximum atomic E-state index is 13.6. The highest BCUT2D eigenvalue weighted by molar-refractivity contribution is 6.53. The largest absolute Gasteiger partial charge is 0.331 e. The van der Waals surface area contributed by atoms with E-state index in [-0.39, 0.29) is 0 Å². The highest BCUT2D eigenvalue weighted by atomic mass is 16.2. The van der Waals surface area contributed by atoms with Crippen LogP contribution in [-0.2, 0) is 17.9 Å². The molecule has 0 aliphatic carbocycles. The zero-order valence-electron chi connectivity index (χ0n) is 19.7. The average molecular weight is 469 g/mol. The molecule has 1 amide bonds. The van der Waals surface area contributed by atoms with Gasteiger partial charge in [0.25, 0.3) is 5.78 Å². The van der Waals surface area contributed by atoms with Gasteiger partial charge in [-0.05, 0) is 22.3 Å². The standard InChI is InChI=1S/C32H24N2O2/c35-31-30-29(34(32(31)36)22-24-15-7-2-8-16-24)27(25-17-9-3-10-18-25)28(26-19-11-4-12-20-26)33(30)21-23-13-5-1-6-14-23/h1-20H,21-22H2. The SMILES string of the molecule is O=C1C(=O)N(Cc2ccccc2)c2c(-c3ccccc3)c(-c3ccccc3)n(Cc3ccccc3)c21. The van der Waals surface area contributed by atoms with Crippen LogP contribution in [0, 0.1) is 0 Å². The number of amides is 1. The van der Waals surface area contributed by atoms with Gasteiger partial charge in [-0.3, -0.25) is 14.5 Å². The topological polar surface area (TPSA) is 42.3 Å². The minimum Gasteiger partial charge on any atom is -0.331 e. The molecule has 0 saturated carbocycles. The van der Waals surface area contributed by atoms with Crippen molar-refractivity contribution < 1.29 is 9.59 Å². The van der Waals surface area contributed by atoms with E-state index in [9.17, 15) is 9.59 Å². The molecule has 0 saturated heterocycles. The minimum atomic E-state index is -0.484. The molecule has 2 heterocycles. The summed E-state index contributed by atoms with van der Waals surface area (Å²) in [7, 11) is 0. The molecule has 174 valence electrons. The molecule has 1 aliphatic rings. The maximum absolute atomic E-state index is 13.6. The molecule has 0 atom stereocenters. The van der Waals surface area contributed by atoms with Gasteiger partial charge in [-0.2, -0.15) is 0 Å². The van der Waals surface area contributed by atoms with Gasteiger partial charge in [0.15, 0.2) is 0 Å². The lowest BCUT2D eigenvalue weighted by atomic mass is 9.99. The molecule has 6 rings (SSSR count). The third-order valence-corrected chi connectivity index (χ3v) is 6.64. The first kappa shape index (κ1) is 21.8. The van der Waals surface area contributed by atoms with E-state index < -0.39 is 11.7 Å². The number of hydrogen-bond acceptors (Lipinski definition) is 2. The summed E-state index contributed by atoms with van der Waals surface area (Å²) in [6, 6.07) is 40.0. The first-order chi connectivity index (χ1) is 17.7. The van der Waals surface area contributed by atoms with E-state index >= 15 is 0 Å². The fraction of sp³-hybridized carbons (Fsp3) is 0.0625. The van der Waals surface area contributed by atoms with Crippen molar-refractivity contribution in [1.29, 1.82) is 0 Å². The van der Waals surface area contributed by atoms with Crippen molar-refractivity contribution in [3.05, 3.63) is 138 Å². The number of benzene rings is 4. The zero-order valence-corrected chi connectivity index (χ0v) is 19.7. The van der Waals surface area contributed by atoms with Gasteiger partial charge in [0, 0.05) is 12.1 Å². The Morgan fingerprint density at radius 1 is 0.500 bits per heavy atom. The molecule has 0 unspecified atom stereocenters. The van der Waals surface area contributed by atoms with Crippen LogP contribution in [0.4, 0.5) is 5.69 Å². The van der Waals surface area contributed by atoms with Crippen molar-refractivity contribution in [2.75, 3.05) is 4.90 Å². The number of hydrogen-bond donors (Lipinski definition) is 0. The molecule has 0 radical (unpaired) electrons. The van der Waals surface area contributed by atoms with Gasteiger partial charge >= 0.3 is 5.91 Å². The van der Waals surface area contributed by atoms with Gasteiger partial charge in [-0.15, -0.1) is 0 Å². The van der Waals surface area contributed by atoms with E-state index in [0.29, 0.717) is 24.5 Å². The third kappa shape index (κ3) is 3.73. The predicted molar refractivity (Wildman–Crippen MR) is 143 cm³/mol. The predicted octanol–water partition coefficient (Wildman–Crippen LogP) is 6.60. The smallest absolute Gasteiger partial charge is 0.301 e. The van der Waals surface area contributed by atoms with E-state index in [1.807, 2.05) is 114 Å². The zero-order chi connectivity index (χ0) is 24.5. The van der Waals surface area contributed by atoms with Crippen molar-refractivity contribution in [3.8, 4) is 22.4 Å². The van der Waals surface area contributed by atoms with E-state index in [1.165, 1.54) is 0 Å². The second-order valence-electron chi connectivity index (χ2n) is 8.93. The average Bonchev–Trinajstić information content (AvgIpc) is 3.38. The van der Waals surface area contributed by atoms with Crippen LogP contribution in [-0.4, -0.2) is 16.3 Å². The summed E-state index contributed by atoms with van der Waals surface area (Å²) in [6.07, 6.45) is 0. The van der Waals surface area contributed by atoms with Gasteiger partial charge in [-0.25, -0.2) is 0 Å². The Kier molecular flexibility index (Phi) is 5.55. The number of nitrogens with zero attached hydrogens (tertiary/aromatic N) is 2. The molecule has 5 aromatic rings. The van der Waals surface area contributed by atoms with Gasteiger partial charge in [0.1, 0.15) is 5.69 Å². The summed E-state index contributed by atoms with van der Waals surface area (Å²) < 4.78 is 2.04. The molecular formula is C32H24N2O2. The van der Waals surface area contributed by atoms with Gasteiger partial charge in [0.2, 0.25) is 0 Å². The molecule has 0 N–H and O–H groups in total. The van der Waals surface area contributed by atoms with Gasteiger partial charge < -0.3 is 4.57 Å². The lowest BCUT2D eigenvalue weighted by molar-refractivity contribution is -0.114. The van der Waals surface area contributed by atoms with Crippen molar-refractivity contribution in [3.63, 3.8) is 0 Å². The molecule has 36 heavy (non-hydrogen) atoms. The van der Waals surface area contributed by atoms with Crippen LogP contribution < -0.4 is 4.90 Å². The number of anilines is 1. The number of rotatable bonds is 6. The number of carbonyl (C=O) groups is 2. The van der Waals surface area contributed by atoms with Crippen LogP contribution in [0.25, 0.3) is 22.4 Å². The fourth-order valence-electron chi connectivity index (χ4n) is 5.04. The van der Waals surface area contributed by atoms with Gasteiger partial charge in [-0.1, -0.05) is 121 Å². The Morgan fingerprint density at radius 2 is 0.972 bits per heavy atom. The summed E-state index contributed by atoms with van der Waals surface area (Å²) in [5.41, 5.74) is 7.00. The molecule has 4 heteroatoms. The summed E-state index contributed by atoms with van der Waals surface area (Å²) in [4.78, 5) is 28.7. The molecule has 0 bridgehead atoms. The van der Waals surface area contributed by atoms with Crippen molar-refractivity contribution in [1.82, 2.24) is 4.57 Å². The van der Waals surface area contributed by atoms with Crippen LogP contribution >= 0.6 is 0 Å². The first-order valence-electron chi connectivity index (χ1n) is 12.0. The second kappa shape index (κ2) is 9.16. The number of ketones is 1. The number of carbonyl (C=O) groups excluding carboxylic acids is 2. The summed E-state index contributed by atoms with van der Waals surface area (Å²) >= 11 is 0. The van der Waals surface area contributed by atoms with Crippen molar-refractivity contribution in [2.24, 2.45) is 0 Å². The van der Waals surface area contributed by atoms with Crippen LogP contribution in [0.15, 0.2) is 121 Å². The van der Waals surface area contributed by atoms with Gasteiger partial charge in [0.05, 0.1) is 17.9 Å². The summed E-state index contributed by atoms with van der Waals surface area (Å²) in [5.74, 6) is -0.946. The quantitative estimate of drug-likeness (QED) is 0.264. The minimum absolute atomic E-state index is 0.335. The Morgan fingerprint density at radius 3 is 1.53 bits per heavy atom. The van der Waals surface area contributed by atoms with E-state index in [2.05, 4.69) is 12.1 Å². The Balaban J connectivity index is 1.65. The molecule has 0 fully saturated rings.